The standard InChI is InChI=1S/C35H39FN4O7/c1-35-21(28(40(2)3)31(44)27(32(35)45)34(37)46)14-17-13-20-22(36)15-23(39-24(41)16-38-18-9-7-8-10-18)29(42)26(20)30(43)25(17)33(35)47-19-11-5-4-6-12-19/h4-6,11-12,15,17-18,21,28,38,42,45H,7-10,13-14,16H2,1-3H3,(H2,37,46)(H,39,41)/t17-,21-,28-,35-/m0/s1. The number of hydrogen-bond acceptors (Lipinski definition) is 9. The second-order valence-electron chi connectivity index (χ2n) is 13.3. The summed E-state index contributed by atoms with van der Waals surface area (Å²) < 4.78 is 22.2. The second kappa shape index (κ2) is 12.2. The number of ether oxygens (including phenoxy) is 1. The molecule has 248 valence electrons. The fourth-order valence-corrected chi connectivity index (χ4v) is 7.96. The molecule has 4 aliphatic rings. The van der Waals surface area contributed by atoms with Crippen molar-refractivity contribution in [2.45, 2.75) is 57.5 Å². The molecular formula is C35H39FN4O7. The van der Waals surface area contributed by atoms with E-state index in [9.17, 15) is 29.4 Å². The monoisotopic (exact) mass is 646 g/mol. The molecule has 0 bridgehead atoms. The van der Waals surface area contributed by atoms with Gasteiger partial charge < -0.3 is 31.3 Å². The topological polar surface area (TPSA) is 171 Å². The van der Waals surface area contributed by atoms with Gasteiger partial charge in [-0.25, -0.2) is 4.39 Å². The number of phenolic OH excluding ortho intramolecular Hbond substituents is 1. The molecule has 0 aromatic heterocycles. The van der Waals surface area contributed by atoms with E-state index in [1.807, 2.05) is 0 Å². The van der Waals surface area contributed by atoms with Gasteiger partial charge in [-0.3, -0.25) is 24.1 Å². The van der Waals surface area contributed by atoms with E-state index in [2.05, 4.69) is 10.6 Å². The van der Waals surface area contributed by atoms with Gasteiger partial charge in [-0.15, -0.1) is 0 Å². The molecule has 0 radical (unpaired) electrons. The number of rotatable bonds is 8. The van der Waals surface area contributed by atoms with Crippen molar-refractivity contribution in [3.63, 3.8) is 0 Å². The first-order chi connectivity index (χ1) is 22.3. The molecule has 47 heavy (non-hydrogen) atoms. The van der Waals surface area contributed by atoms with Crippen molar-refractivity contribution in [3.8, 4) is 11.5 Å². The van der Waals surface area contributed by atoms with Crippen molar-refractivity contribution in [2.75, 3.05) is 26.0 Å². The Bertz CT molecular complexity index is 1730. The van der Waals surface area contributed by atoms with E-state index in [4.69, 9.17) is 10.5 Å². The molecule has 11 nitrogen and oxygen atoms in total. The first-order valence-corrected chi connectivity index (χ1v) is 15.9. The average molecular weight is 647 g/mol. The first-order valence-electron chi connectivity index (χ1n) is 15.9. The second-order valence-corrected chi connectivity index (χ2v) is 13.3. The molecule has 6 rings (SSSR count). The minimum Gasteiger partial charge on any atom is -0.510 e. The maximum absolute atomic E-state index is 15.8. The number of anilines is 1. The van der Waals surface area contributed by atoms with Gasteiger partial charge in [0.05, 0.1) is 29.3 Å². The molecular weight excluding hydrogens is 607 g/mol. The molecule has 0 aliphatic heterocycles. The molecule has 4 aliphatic carbocycles. The van der Waals surface area contributed by atoms with Crippen LogP contribution in [-0.2, 0) is 20.8 Å². The number of nitrogens with one attached hydrogen (secondary N) is 2. The van der Waals surface area contributed by atoms with Gasteiger partial charge in [0.15, 0.2) is 17.3 Å². The van der Waals surface area contributed by atoms with Gasteiger partial charge in [0, 0.05) is 29.2 Å². The largest absolute Gasteiger partial charge is 0.510 e. The Hall–Kier alpha value is -4.55. The number of allylic oxidation sites excluding steroid dienone is 1. The quantitative estimate of drug-likeness (QED) is 0.213. The number of aromatic hydroxyl groups is 1. The summed E-state index contributed by atoms with van der Waals surface area (Å²) in [5.74, 6) is -6.07. The molecule has 1 saturated carbocycles. The van der Waals surface area contributed by atoms with Crippen LogP contribution in [0.15, 0.2) is 59.1 Å². The van der Waals surface area contributed by atoms with Crippen LogP contribution in [-0.4, -0.2) is 71.2 Å². The van der Waals surface area contributed by atoms with Crippen LogP contribution in [0.5, 0.6) is 11.5 Å². The van der Waals surface area contributed by atoms with E-state index in [0.29, 0.717) is 5.75 Å². The lowest BCUT2D eigenvalue weighted by molar-refractivity contribution is -0.130. The summed E-state index contributed by atoms with van der Waals surface area (Å²) in [5, 5.41) is 28.8. The summed E-state index contributed by atoms with van der Waals surface area (Å²) >= 11 is 0. The lowest BCUT2D eigenvalue weighted by atomic mass is 9.54. The molecule has 12 heteroatoms. The van der Waals surface area contributed by atoms with E-state index in [1.54, 1.807) is 56.3 Å². The minimum absolute atomic E-state index is 0.0212. The van der Waals surface area contributed by atoms with Crippen molar-refractivity contribution in [3.05, 3.63) is 76.0 Å². The Balaban J connectivity index is 1.49. The number of para-hydroxylation sites is 1. The number of aliphatic hydroxyl groups is 1. The van der Waals surface area contributed by atoms with Crippen LogP contribution in [0.4, 0.5) is 10.1 Å². The van der Waals surface area contributed by atoms with Crippen LogP contribution in [0.3, 0.4) is 0 Å². The number of hydrogen-bond donors (Lipinski definition) is 5. The fraction of sp³-hybridized carbons (Fsp3) is 0.429. The number of benzene rings is 2. The molecule has 4 atom stereocenters. The summed E-state index contributed by atoms with van der Waals surface area (Å²) in [4.78, 5) is 55.2. The number of primary amides is 1. The summed E-state index contributed by atoms with van der Waals surface area (Å²) in [5.41, 5.74) is 2.95. The van der Waals surface area contributed by atoms with Gasteiger partial charge in [0.25, 0.3) is 5.91 Å². The number of amides is 2. The number of fused-ring (bicyclic) bond motifs is 3. The van der Waals surface area contributed by atoms with Gasteiger partial charge in [0.2, 0.25) is 5.91 Å². The Morgan fingerprint density at radius 1 is 1.13 bits per heavy atom. The Morgan fingerprint density at radius 2 is 1.81 bits per heavy atom. The van der Waals surface area contributed by atoms with Crippen LogP contribution < -0.4 is 21.1 Å². The van der Waals surface area contributed by atoms with Crippen molar-refractivity contribution in [1.82, 2.24) is 10.2 Å². The number of Topliss-reactive ketones (excluding diaryl/α,β-unsaturated/α-hetero) is 2. The third-order valence-electron chi connectivity index (χ3n) is 10.3. The molecule has 2 aromatic carbocycles. The van der Waals surface area contributed by atoms with Crippen molar-refractivity contribution >= 4 is 29.1 Å². The van der Waals surface area contributed by atoms with Crippen LogP contribution in [0.25, 0.3) is 0 Å². The number of nitrogens with two attached hydrogens (primary N) is 1. The highest BCUT2D eigenvalue weighted by Crippen LogP contribution is 2.59. The van der Waals surface area contributed by atoms with E-state index < -0.39 is 69.6 Å². The predicted octanol–water partition coefficient (Wildman–Crippen LogP) is 3.53. The first kappa shape index (κ1) is 32.4. The van der Waals surface area contributed by atoms with Crippen LogP contribution in [0, 0.1) is 23.1 Å². The number of ketones is 2. The summed E-state index contributed by atoms with van der Waals surface area (Å²) in [7, 11) is 3.33. The molecule has 2 aromatic rings. The van der Waals surface area contributed by atoms with Crippen molar-refractivity contribution < 1.29 is 38.5 Å². The maximum atomic E-state index is 15.8. The van der Waals surface area contributed by atoms with Crippen molar-refractivity contribution in [1.29, 1.82) is 0 Å². The highest BCUT2D eigenvalue weighted by molar-refractivity contribution is 6.22. The van der Waals surface area contributed by atoms with Crippen LogP contribution in [0.1, 0.15) is 54.9 Å². The van der Waals surface area contributed by atoms with E-state index >= 15 is 4.39 Å². The zero-order valence-corrected chi connectivity index (χ0v) is 26.6. The zero-order valence-electron chi connectivity index (χ0n) is 26.6. The highest BCUT2D eigenvalue weighted by Gasteiger charge is 2.61. The Kier molecular flexibility index (Phi) is 8.43. The molecule has 6 N–H and O–H groups in total. The van der Waals surface area contributed by atoms with Crippen LogP contribution >= 0.6 is 0 Å². The Morgan fingerprint density at radius 3 is 2.45 bits per heavy atom. The number of phenols is 1. The van der Waals surface area contributed by atoms with Crippen LogP contribution in [0.2, 0.25) is 0 Å². The number of nitrogens with zero attached hydrogens (tertiary/aromatic N) is 1. The molecule has 2 amide bonds. The summed E-state index contributed by atoms with van der Waals surface area (Å²) in [6.45, 7) is 1.55. The minimum atomic E-state index is -1.59. The number of carbonyl (C=O) groups is 4. The fourth-order valence-electron chi connectivity index (χ4n) is 7.96. The molecule has 0 spiro atoms. The number of aliphatic hydroxyl groups excluding tert-OH is 1. The number of halogens is 1. The lowest BCUT2D eigenvalue weighted by Gasteiger charge is -2.52. The van der Waals surface area contributed by atoms with E-state index in [-0.39, 0.29) is 53.6 Å². The summed E-state index contributed by atoms with van der Waals surface area (Å²) in [6, 6.07) is 8.79. The van der Waals surface area contributed by atoms with Crippen molar-refractivity contribution in [2.24, 2.45) is 23.0 Å². The smallest absolute Gasteiger partial charge is 0.255 e. The highest BCUT2D eigenvalue weighted by atomic mass is 19.1. The zero-order chi connectivity index (χ0) is 33.8. The Labute approximate surface area is 271 Å². The SMILES string of the molecule is CN(C)[C@@H]1C(=O)C(C(N)=O)=C(O)[C@@]2(C)C(Oc3ccccc3)=C3C(=O)c4c(O)c(NC(=O)CNC5CCCC5)cc(F)c4C[C@H]3C[C@@H]12. The lowest BCUT2D eigenvalue weighted by Crippen LogP contribution is -2.59. The molecule has 0 heterocycles. The van der Waals surface area contributed by atoms with E-state index in [1.165, 1.54) is 0 Å². The molecule has 1 fully saturated rings. The molecule has 0 unspecified atom stereocenters. The predicted molar refractivity (Wildman–Crippen MR) is 170 cm³/mol. The average Bonchev–Trinajstić information content (AvgIpc) is 3.54. The summed E-state index contributed by atoms with van der Waals surface area (Å²) in [6.07, 6.45) is 4.19. The normalized spacial score (nSPS) is 25.9. The number of carbonyl (C=O) groups excluding carboxylic acids is 4. The van der Waals surface area contributed by atoms with E-state index in [0.717, 1.165) is 31.7 Å². The van der Waals surface area contributed by atoms with Gasteiger partial charge in [-0.2, -0.15) is 0 Å². The van der Waals surface area contributed by atoms with Gasteiger partial charge >= 0.3 is 0 Å². The number of likely N-dealkylation sites (N-methyl/N-ethyl adjacent to an activating group) is 1. The molecule has 0 saturated heterocycles. The van der Waals surface area contributed by atoms with Gasteiger partial charge in [-0.1, -0.05) is 31.0 Å². The van der Waals surface area contributed by atoms with Gasteiger partial charge in [0.1, 0.15) is 28.7 Å². The van der Waals surface area contributed by atoms with Gasteiger partial charge in [-0.05, 0) is 64.8 Å². The third kappa shape index (κ3) is 5.39. The third-order valence-corrected chi connectivity index (χ3v) is 10.3. The maximum Gasteiger partial charge on any atom is 0.255 e.